The summed E-state index contributed by atoms with van der Waals surface area (Å²) in [6, 6.07) is 12.0. The van der Waals surface area contributed by atoms with Crippen LogP contribution in [0.2, 0.25) is 0 Å². The fourth-order valence-electron chi connectivity index (χ4n) is 3.61. The monoisotopic (exact) mass is 408 g/mol. The number of halogens is 1. The quantitative estimate of drug-likeness (QED) is 0.679. The van der Waals surface area contributed by atoms with Crippen molar-refractivity contribution in [3.8, 4) is 0 Å². The highest BCUT2D eigenvalue weighted by Crippen LogP contribution is 2.18. The van der Waals surface area contributed by atoms with Gasteiger partial charge in [0.2, 0.25) is 5.91 Å². The van der Waals surface area contributed by atoms with Crippen molar-refractivity contribution in [2.75, 3.05) is 36.4 Å². The van der Waals surface area contributed by atoms with Crippen LogP contribution < -0.4 is 10.2 Å². The highest BCUT2D eigenvalue weighted by molar-refractivity contribution is 5.93. The summed E-state index contributed by atoms with van der Waals surface area (Å²) in [7, 11) is 0. The Kier molecular flexibility index (Phi) is 6.04. The largest absolute Gasteiger partial charge is 0.369 e. The summed E-state index contributed by atoms with van der Waals surface area (Å²) in [5, 5.41) is 7.35. The average Bonchev–Trinajstić information content (AvgIpc) is 3.21. The SMILES string of the molecule is CC(C(=O)Nc1ccn(Cc2ccncc2)n1)N1CCN(c2ccc(F)cc2)CC1. The van der Waals surface area contributed by atoms with Gasteiger partial charge in [-0.3, -0.25) is 19.4 Å². The normalized spacial score (nSPS) is 15.7. The number of hydrogen-bond acceptors (Lipinski definition) is 5. The summed E-state index contributed by atoms with van der Waals surface area (Å²) in [5.41, 5.74) is 2.10. The second-order valence-electron chi connectivity index (χ2n) is 7.42. The minimum absolute atomic E-state index is 0.0700. The van der Waals surface area contributed by atoms with Crippen LogP contribution in [0.3, 0.4) is 0 Å². The molecule has 0 aliphatic carbocycles. The fraction of sp³-hybridized carbons (Fsp3) is 0.318. The molecule has 1 aliphatic heterocycles. The molecule has 1 saturated heterocycles. The zero-order valence-corrected chi connectivity index (χ0v) is 16.9. The number of amides is 1. The summed E-state index contributed by atoms with van der Waals surface area (Å²) < 4.78 is 14.9. The Morgan fingerprint density at radius 1 is 1.07 bits per heavy atom. The highest BCUT2D eigenvalue weighted by Gasteiger charge is 2.26. The van der Waals surface area contributed by atoms with Crippen molar-refractivity contribution in [1.29, 1.82) is 0 Å². The summed E-state index contributed by atoms with van der Waals surface area (Å²) in [6.07, 6.45) is 5.35. The molecule has 0 saturated carbocycles. The smallest absolute Gasteiger partial charge is 0.242 e. The van der Waals surface area contributed by atoms with Crippen molar-refractivity contribution < 1.29 is 9.18 Å². The van der Waals surface area contributed by atoms with Gasteiger partial charge in [-0.25, -0.2) is 4.39 Å². The fourth-order valence-corrected chi connectivity index (χ4v) is 3.61. The molecule has 2 aromatic heterocycles. The molecule has 3 heterocycles. The lowest BCUT2D eigenvalue weighted by atomic mass is 10.2. The maximum Gasteiger partial charge on any atom is 0.242 e. The van der Waals surface area contributed by atoms with Gasteiger partial charge in [0.05, 0.1) is 12.6 Å². The van der Waals surface area contributed by atoms with Crippen LogP contribution >= 0.6 is 0 Å². The molecule has 30 heavy (non-hydrogen) atoms. The lowest BCUT2D eigenvalue weighted by Gasteiger charge is -2.38. The maximum atomic E-state index is 13.1. The zero-order chi connectivity index (χ0) is 20.9. The Bertz CT molecular complexity index is 967. The van der Waals surface area contributed by atoms with Crippen LogP contribution in [0.5, 0.6) is 0 Å². The lowest BCUT2D eigenvalue weighted by Crippen LogP contribution is -2.52. The second-order valence-corrected chi connectivity index (χ2v) is 7.42. The van der Waals surface area contributed by atoms with E-state index in [1.54, 1.807) is 35.3 Å². The Morgan fingerprint density at radius 3 is 2.47 bits per heavy atom. The number of nitrogens with zero attached hydrogens (tertiary/aromatic N) is 5. The van der Waals surface area contributed by atoms with E-state index >= 15 is 0 Å². The number of nitrogens with one attached hydrogen (secondary N) is 1. The highest BCUT2D eigenvalue weighted by atomic mass is 19.1. The summed E-state index contributed by atoms with van der Waals surface area (Å²) >= 11 is 0. The van der Waals surface area contributed by atoms with E-state index in [1.807, 2.05) is 25.3 Å². The van der Waals surface area contributed by atoms with Gasteiger partial charge < -0.3 is 10.2 Å². The number of carbonyl (C=O) groups is 1. The second kappa shape index (κ2) is 9.04. The number of rotatable bonds is 6. The van der Waals surface area contributed by atoms with E-state index in [1.165, 1.54) is 12.1 Å². The van der Waals surface area contributed by atoms with Crippen molar-refractivity contribution in [1.82, 2.24) is 19.7 Å². The van der Waals surface area contributed by atoms with Gasteiger partial charge in [-0.05, 0) is 48.9 Å². The molecule has 1 unspecified atom stereocenters. The molecular formula is C22H25FN6O. The van der Waals surface area contributed by atoms with Crippen molar-refractivity contribution in [3.05, 3.63) is 72.4 Å². The molecule has 1 atom stereocenters. The van der Waals surface area contributed by atoms with Crippen molar-refractivity contribution in [2.45, 2.75) is 19.5 Å². The van der Waals surface area contributed by atoms with Crippen LogP contribution in [0, 0.1) is 5.82 Å². The van der Waals surface area contributed by atoms with Crippen molar-refractivity contribution >= 4 is 17.4 Å². The standard InChI is InChI=1S/C22H25FN6O/c1-17(27-12-14-28(15-13-27)20-4-2-19(23)3-5-20)22(30)25-21-8-11-29(26-21)16-18-6-9-24-10-7-18/h2-11,17H,12-16H2,1H3,(H,25,26,30). The van der Waals surface area contributed by atoms with Gasteiger partial charge in [0.15, 0.2) is 5.82 Å². The number of aromatic nitrogens is 3. The van der Waals surface area contributed by atoms with Gasteiger partial charge >= 0.3 is 0 Å². The van der Waals surface area contributed by atoms with E-state index in [0.717, 1.165) is 37.4 Å². The van der Waals surface area contributed by atoms with Crippen molar-refractivity contribution in [3.63, 3.8) is 0 Å². The molecule has 156 valence electrons. The van der Waals surface area contributed by atoms with E-state index in [9.17, 15) is 9.18 Å². The van der Waals surface area contributed by atoms with Crippen molar-refractivity contribution in [2.24, 2.45) is 0 Å². The van der Waals surface area contributed by atoms with E-state index in [0.29, 0.717) is 12.4 Å². The van der Waals surface area contributed by atoms with Crippen LogP contribution in [-0.2, 0) is 11.3 Å². The maximum absolute atomic E-state index is 13.1. The number of carbonyl (C=O) groups excluding carboxylic acids is 1. The van der Waals surface area contributed by atoms with Gasteiger partial charge in [-0.1, -0.05) is 0 Å². The van der Waals surface area contributed by atoms with Crippen LogP contribution in [0.4, 0.5) is 15.9 Å². The first-order chi connectivity index (χ1) is 14.6. The minimum Gasteiger partial charge on any atom is -0.369 e. The predicted octanol–water partition coefficient (Wildman–Crippen LogP) is 2.61. The first-order valence-corrected chi connectivity index (χ1v) is 10.1. The third-order valence-electron chi connectivity index (χ3n) is 5.42. The van der Waals surface area contributed by atoms with Crippen LogP contribution in [0.15, 0.2) is 61.1 Å². The van der Waals surface area contributed by atoms with Gasteiger partial charge in [-0.15, -0.1) is 0 Å². The van der Waals surface area contributed by atoms with E-state index in [-0.39, 0.29) is 17.8 Å². The Labute approximate surface area is 175 Å². The third kappa shape index (κ3) is 4.83. The molecule has 0 radical (unpaired) electrons. The molecule has 1 fully saturated rings. The molecule has 8 heteroatoms. The summed E-state index contributed by atoms with van der Waals surface area (Å²) in [5.74, 6) is 0.246. The Morgan fingerprint density at radius 2 is 1.77 bits per heavy atom. The molecule has 4 rings (SSSR count). The number of benzene rings is 1. The van der Waals surface area contributed by atoms with Crippen LogP contribution in [0.1, 0.15) is 12.5 Å². The molecule has 7 nitrogen and oxygen atoms in total. The number of hydrogen-bond donors (Lipinski definition) is 1. The van der Waals surface area contributed by atoms with Gasteiger partial charge in [0.25, 0.3) is 0 Å². The number of pyridine rings is 1. The van der Waals surface area contributed by atoms with Gasteiger partial charge in [-0.2, -0.15) is 5.10 Å². The van der Waals surface area contributed by atoms with Gasteiger partial charge in [0.1, 0.15) is 5.82 Å². The Balaban J connectivity index is 1.28. The Hall–Kier alpha value is -3.26. The molecule has 0 bridgehead atoms. The number of anilines is 2. The molecule has 3 aromatic rings. The van der Waals surface area contributed by atoms with E-state index < -0.39 is 0 Å². The molecule has 1 aliphatic rings. The van der Waals surface area contributed by atoms with Crippen LogP contribution in [-0.4, -0.2) is 57.8 Å². The van der Waals surface area contributed by atoms with E-state index in [4.69, 9.17) is 0 Å². The molecule has 1 amide bonds. The predicted molar refractivity (Wildman–Crippen MR) is 114 cm³/mol. The third-order valence-corrected chi connectivity index (χ3v) is 5.42. The molecule has 0 spiro atoms. The molecule has 1 N–H and O–H groups in total. The zero-order valence-electron chi connectivity index (χ0n) is 16.9. The average molecular weight is 408 g/mol. The lowest BCUT2D eigenvalue weighted by molar-refractivity contribution is -0.120. The van der Waals surface area contributed by atoms with E-state index in [2.05, 4.69) is 25.2 Å². The van der Waals surface area contributed by atoms with Gasteiger partial charge in [0, 0.05) is 56.5 Å². The minimum atomic E-state index is -0.259. The molecule has 1 aromatic carbocycles. The molecular weight excluding hydrogens is 383 g/mol. The van der Waals surface area contributed by atoms with Crippen LogP contribution in [0.25, 0.3) is 0 Å². The topological polar surface area (TPSA) is 66.3 Å². The number of piperazine rings is 1. The first-order valence-electron chi connectivity index (χ1n) is 10.1. The summed E-state index contributed by atoms with van der Waals surface area (Å²) in [6.45, 7) is 5.66. The summed E-state index contributed by atoms with van der Waals surface area (Å²) in [4.78, 5) is 21.1. The first kappa shape index (κ1) is 20.0.